The van der Waals surface area contributed by atoms with Crippen LogP contribution in [0.25, 0.3) is 0 Å². The summed E-state index contributed by atoms with van der Waals surface area (Å²) in [6.07, 6.45) is 0.140. The Kier molecular flexibility index (Phi) is 2.70. The van der Waals surface area contributed by atoms with Gasteiger partial charge in [-0.1, -0.05) is 0 Å². The minimum atomic E-state index is -0.804. The quantitative estimate of drug-likeness (QED) is 0.609. The normalized spacial score (nSPS) is 23.5. The van der Waals surface area contributed by atoms with Crippen molar-refractivity contribution in [2.75, 3.05) is 19.6 Å². The highest BCUT2D eigenvalue weighted by Gasteiger charge is 2.24. The van der Waals surface area contributed by atoms with E-state index in [-0.39, 0.29) is 6.04 Å². The molecule has 1 atom stereocenters. The monoisotopic (exact) mass is 158 g/mol. The van der Waals surface area contributed by atoms with Gasteiger partial charge in [0.25, 0.3) is 0 Å². The molecule has 1 heterocycles. The highest BCUT2D eigenvalue weighted by atomic mass is 16.4. The fourth-order valence-electron chi connectivity index (χ4n) is 1.46. The Bertz CT molecular complexity index is 143. The molecule has 0 aromatic rings. The number of nitrogens with one attached hydrogen (secondary N) is 1. The van der Waals surface area contributed by atoms with Crippen molar-refractivity contribution in [2.45, 2.75) is 19.4 Å². The summed E-state index contributed by atoms with van der Waals surface area (Å²) in [7, 11) is 0. The fourth-order valence-corrected chi connectivity index (χ4v) is 1.46. The summed E-state index contributed by atoms with van der Waals surface area (Å²) in [5, 5.41) is 11.9. The predicted octanol–water partition coefficient (Wildman–Crippen LogP) is 0.348. The summed E-state index contributed by atoms with van der Waals surface area (Å²) in [5.74, 6) is 0. The third-order valence-corrected chi connectivity index (χ3v) is 2.06. The standard InChI is InChI=1S/C7H14N2O2/c1-2-9(7(10)11)6-3-4-8-5-6/h6,8H,2-5H2,1H3,(H,10,11)/t6-/m1/s1. The predicted molar refractivity (Wildman–Crippen MR) is 41.7 cm³/mol. The Hall–Kier alpha value is -0.770. The minimum absolute atomic E-state index is 0.192. The van der Waals surface area contributed by atoms with Crippen molar-refractivity contribution in [3.05, 3.63) is 0 Å². The molecule has 0 aromatic heterocycles. The minimum Gasteiger partial charge on any atom is -0.465 e. The topological polar surface area (TPSA) is 52.6 Å². The Morgan fingerprint density at radius 3 is 2.91 bits per heavy atom. The van der Waals surface area contributed by atoms with E-state index in [9.17, 15) is 4.79 Å². The molecule has 0 saturated carbocycles. The molecule has 0 unspecified atom stereocenters. The highest BCUT2D eigenvalue weighted by Crippen LogP contribution is 2.07. The van der Waals surface area contributed by atoms with Crippen LogP contribution in [0.3, 0.4) is 0 Å². The second-order valence-corrected chi connectivity index (χ2v) is 2.72. The molecule has 2 N–H and O–H groups in total. The molecule has 64 valence electrons. The average Bonchev–Trinajstić information content (AvgIpc) is 2.40. The second-order valence-electron chi connectivity index (χ2n) is 2.72. The van der Waals surface area contributed by atoms with Crippen molar-refractivity contribution in [3.8, 4) is 0 Å². The molecular formula is C7H14N2O2. The number of hydrogen-bond acceptors (Lipinski definition) is 2. The van der Waals surface area contributed by atoms with Crippen LogP contribution in [0.15, 0.2) is 0 Å². The van der Waals surface area contributed by atoms with Gasteiger partial charge < -0.3 is 15.3 Å². The summed E-state index contributed by atoms with van der Waals surface area (Å²) in [6.45, 7) is 4.20. The van der Waals surface area contributed by atoms with Crippen LogP contribution in [0.2, 0.25) is 0 Å². The van der Waals surface area contributed by atoms with E-state index in [0.717, 1.165) is 19.5 Å². The molecule has 11 heavy (non-hydrogen) atoms. The molecule has 1 saturated heterocycles. The number of rotatable bonds is 2. The maximum Gasteiger partial charge on any atom is 0.407 e. The zero-order valence-electron chi connectivity index (χ0n) is 6.71. The number of hydrogen-bond donors (Lipinski definition) is 2. The largest absolute Gasteiger partial charge is 0.465 e. The van der Waals surface area contributed by atoms with Gasteiger partial charge in [-0.05, 0) is 19.9 Å². The lowest BCUT2D eigenvalue weighted by atomic mass is 10.2. The van der Waals surface area contributed by atoms with Crippen LogP contribution in [0.5, 0.6) is 0 Å². The van der Waals surface area contributed by atoms with Gasteiger partial charge in [0.05, 0.1) is 0 Å². The van der Waals surface area contributed by atoms with Gasteiger partial charge in [-0.3, -0.25) is 0 Å². The van der Waals surface area contributed by atoms with Crippen molar-refractivity contribution in [2.24, 2.45) is 0 Å². The first-order valence-electron chi connectivity index (χ1n) is 3.96. The van der Waals surface area contributed by atoms with Gasteiger partial charge in [-0.15, -0.1) is 0 Å². The van der Waals surface area contributed by atoms with Crippen molar-refractivity contribution < 1.29 is 9.90 Å². The molecule has 1 rings (SSSR count). The number of nitrogens with zero attached hydrogens (tertiary/aromatic N) is 1. The first-order valence-corrected chi connectivity index (χ1v) is 3.96. The van der Waals surface area contributed by atoms with Gasteiger partial charge in [0, 0.05) is 19.1 Å². The molecule has 0 bridgehead atoms. The smallest absolute Gasteiger partial charge is 0.407 e. The zero-order chi connectivity index (χ0) is 8.27. The lowest BCUT2D eigenvalue weighted by Gasteiger charge is -2.23. The van der Waals surface area contributed by atoms with Crippen LogP contribution in [0.4, 0.5) is 4.79 Å². The average molecular weight is 158 g/mol. The SMILES string of the molecule is CCN(C(=O)O)[C@@H]1CCNC1. The van der Waals surface area contributed by atoms with Crippen molar-refractivity contribution >= 4 is 6.09 Å². The third kappa shape index (κ3) is 1.83. The van der Waals surface area contributed by atoms with E-state index in [1.807, 2.05) is 6.92 Å². The molecule has 1 amide bonds. The van der Waals surface area contributed by atoms with Crippen LogP contribution < -0.4 is 5.32 Å². The Morgan fingerprint density at radius 2 is 2.55 bits per heavy atom. The molecule has 4 heteroatoms. The highest BCUT2D eigenvalue weighted by molar-refractivity contribution is 5.65. The van der Waals surface area contributed by atoms with E-state index in [0.29, 0.717) is 6.54 Å². The third-order valence-electron chi connectivity index (χ3n) is 2.06. The second kappa shape index (κ2) is 3.57. The molecule has 1 aliphatic heterocycles. The molecule has 0 aromatic carbocycles. The number of carbonyl (C=O) groups is 1. The van der Waals surface area contributed by atoms with Crippen LogP contribution in [-0.2, 0) is 0 Å². The van der Waals surface area contributed by atoms with Crippen molar-refractivity contribution in [1.29, 1.82) is 0 Å². The number of likely N-dealkylation sites (N-methyl/N-ethyl adjacent to an activating group) is 1. The molecule has 1 fully saturated rings. The van der Waals surface area contributed by atoms with Crippen LogP contribution >= 0.6 is 0 Å². The van der Waals surface area contributed by atoms with Gasteiger partial charge in [0.1, 0.15) is 0 Å². The van der Waals surface area contributed by atoms with Crippen molar-refractivity contribution in [1.82, 2.24) is 10.2 Å². The van der Waals surface area contributed by atoms with Gasteiger partial charge in [0.2, 0.25) is 0 Å². The zero-order valence-corrected chi connectivity index (χ0v) is 6.71. The van der Waals surface area contributed by atoms with E-state index in [2.05, 4.69) is 5.32 Å². The Balaban J connectivity index is 2.46. The van der Waals surface area contributed by atoms with Crippen LogP contribution in [0.1, 0.15) is 13.3 Å². The molecule has 0 aliphatic carbocycles. The van der Waals surface area contributed by atoms with E-state index in [4.69, 9.17) is 5.11 Å². The van der Waals surface area contributed by atoms with Gasteiger partial charge in [0.15, 0.2) is 0 Å². The maximum absolute atomic E-state index is 10.6. The number of carboxylic acid groups (broad SMARTS) is 1. The van der Waals surface area contributed by atoms with Gasteiger partial charge >= 0.3 is 6.09 Å². The summed E-state index contributed by atoms with van der Waals surface area (Å²) < 4.78 is 0. The van der Waals surface area contributed by atoms with E-state index < -0.39 is 6.09 Å². The van der Waals surface area contributed by atoms with Gasteiger partial charge in [-0.25, -0.2) is 4.79 Å². The first-order chi connectivity index (χ1) is 5.25. The molecule has 0 radical (unpaired) electrons. The summed E-state index contributed by atoms with van der Waals surface area (Å²) in [5.41, 5.74) is 0. The van der Waals surface area contributed by atoms with Crippen LogP contribution in [0, 0.1) is 0 Å². The first kappa shape index (κ1) is 8.33. The van der Waals surface area contributed by atoms with Gasteiger partial charge in [-0.2, -0.15) is 0 Å². The Labute approximate surface area is 66.2 Å². The molecule has 4 nitrogen and oxygen atoms in total. The maximum atomic E-state index is 10.6. The van der Waals surface area contributed by atoms with Crippen LogP contribution in [-0.4, -0.2) is 41.8 Å². The lowest BCUT2D eigenvalue weighted by molar-refractivity contribution is 0.131. The molecular weight excluding hydrogens is 144 g/mol. The van der Waals surface area contributed by atoms with Crippen molar-refractivity contribution in [3.63, 3.8) is 0 Å². The van der Waals surface area contributed by atoms with E-state index >= 15 is 0 Å². The Morgan fingerprint density at radius 1 is 1.82 bits per heavy atom. The van der Waals surface area contributed by atoms with E-state index in [1.165, 1.54) is 4.90 Å². The fraction of sp³-hybridized carbons (Fsp3) is 0.857. The lowest BCUT2D eigenvalue weighted by Crippen LogP contribution is -2.40. The summed E-state index contributed by atoms with van der Waals surface area (Å²) in [6, 6.07) is 0.192. The summed E-state index contributed by atoms with van der Waals surface area (Å²) >= 11 is 0. The summed E-state index contributed by atoms with van der Waals surface area (Å²) in [4.78, 5) is 12.1. The number of amides is 1. The molecule has 0 spiro atoms. The van der Waals surface area contributed by atoms with E-state index in [1.54, 1.807) is 0 Å². The molecule has 1 aliphatic rings.